The molecular weight excluding hydrogens is 210 g/mol. The highest BCUT2D eigenvalue weighted by Gasteiger charge is 2.22. The van der Waals surface area contributed by atoms with E-state index in [4.69, 9.17) is 23.7 Å². The second-order valence-electron chi connectivity index (χ2n) is 4.28. The van der Waals surface area contributed by atoms with E-state index < -0.39 is 0 Å². The topological polar surface area (TPSA) is 72.3 Å². The summed E-state index contributed by atoms with van der Waals surface area (Å²) in [6.07, 6.45) is 2.00. The van der Waals surface area contributed by atoms with Gasteiger partial charge in [-0.1, -0.05) is 19.1 Å². The Morgan fingerprint density at radius 1 is 1.47 bits per heavy atom. The first-order valence-corrected chi connectivity index (χ1v) is 5.72. The van der Waals surface area contributed by atoms with Gasteiger partial charge in [0.05, 0.1) is 4.99 Å². The average molecular weight is 229 g/mol. The predicted molar refractivity (Wildman–Crippen MR) is 64.3 cm³/mol. The second-order valence-corrected chi connectivity index (χ2v) is 4.75. The third-order valence-electron chi connectivity index (χ3n) is 3.01. The molecule has 1 saturated heterocycles. The number of hydrogen-bond donors (Lipinski definition) is 2. The molecule has 0 saturated carbocycles. The summed E-state index contributed by atoms with van der Waals surface area (Å²) in [4.78, 5) is 13.8. The van der Waals surface area contributed by atoms with Gasteiger partial charge in [0.2, 0.25) is 5.91 Å². The molecule has 1 heterocycles. The monoisotopic (exact) mass is 229 g/mol. The zero-order valence-corrected chi connectivity index (χ0v) is 9.93. The van der Waals surface area contributed by atoms with Gasteiger partial charge in [0.25, 0.3) is 0 Å². The normalized spacial score (nSPS) is 21.1. The molecule has 0 aromatic rings. The number of primary amides is 1. The Balaban J connectivity index is 2.31. The van der Waals surface area contributed by atoms with Gasteiger partial charge in [-0.3, -0.25) is 4.79 Å². The summed E-state index contributed by atoms with van der Waals surface area (Å²) >= 11 is 4.97. The minimum absolute atomic E-state index is 0.0774. The fraction of sp³-hybridized carbons (Fsp3) is 0.800. The van der Waals surface area contributed by atoms with Crippen molar-refractivity contribution in [2.75, 3.05) is 19.6 Å². The van der Waals surface area contributed by atoms with Crippen molar-refractivity contribution >= 4 is 23.1 Å². The molecule has 4 nitrogen and oxygen atoms in total. The lowest BCUT2D eigenvalue weighted by atomic mass is 9.96. The second kappa shape index (κ2) is 5.42. The number of nitrogens with two attached hydrogens (primary N) is 2. The van der Waals surface area contributed by atoms with Crippen molar-refractivity contribution in [1.29, 1.82) is 0 Å². The third-order valence-corrected chi connectivity index (χ3v) is 3.34. The maximum atomic E-state index is 10.9. The van der Waals surface area contributed by atoms with Crippen LogP contribution >= 0.6 is 12.2 Å². The van der Waals surface area contributed by atoms with Gasteiger partial charge in [-0.25, -0.2) is 0 Å². The molecule has 1 unspecified atom stereocenters. The first-order valence-electron chi connectivity index (χ1n) is 5.31. The molecule has 1 aliphatic heterocycles. The summed E-state index contributed by atoms with van der Waals surface area (Å²) in [6, 6.07) is 0. The fourth-order valence-corrected chi connectivity index (χ4v) is 2.11. The van der Waals surface area contributed by atoms with E-state index in [2.05, 4.69) is 4.90 Å². The predicted octanol–water partition coefficient (Wildman–Crippen LogP) is 0.106. The third kappa shape index (κ3) is 3.76. The van der Waals surface area contributed by atoms with Gasteiger partial charge in [-0.05, 0) is 25.9 Å². The first-order chi connectivity index (χ1) is 7.00. The average Bonchev–Trinajstić information content (AvgIpc) is 2.18. The molecule has 0 spiro atoms. The summed E-state index contributed by atoms with van der Waals surface area (Å²) < 4.78 is 0. The maximum absolute atomic E-state index is 10.9. The van der Waals surface area contributed by atoms with Crippen LogP contribution in [0.5, 0.6) is 0 Å². The highest BCUT2D eigenvalue weighted by molar-refractivity contribution is 7.80. The van der Waals surface area contributed by atoms with Crippen LogP contribution in [0.3, 0.4) is 0 Å². The Morgan fingerprint density at radius 3 is 2.40 bits per heavy atom. The molecule has 0 aliphatic carbocycles. The molecule has 1 atom stereocenters. The van der Waals surface area contributed by atoms with Crippen LogP contribution in [0, 0.1) is 11.8 Å². The van der Waals surface area contributed by atoms with Crippen molar-refractivity contribution in [1.82, 2.24) is 4.90 Å². The Labute approximate surface area is 96.0 Å². The number of carbonyl (C=O) groups excluding carboxylic acids is 1. The van der Waals surface area contributed by atoms with Crippen LogP contribution in [-0.2, 0) is 4.79 Å². The lowest BCUT2D eigenvalue weighted by Gasteiger charge is -2.32. The van der Waals surface area contributed by atoms with E-state index in [0.29, 0.717) is 10.9 Å². The SMILES string of the molecule is CC(CN1CCC(C(N)=S)CC1)C(N)=O. The van der Waals surface area contributed by atoms with E-state index in [1.165, 1.54) is 0 Å². The van der Waals surface area contributed by atoms with Gasteiger partial charge in [-0.2, -0.15) is 0 Å². The zero-order chi connectivity index (χ0) is 11.4. The Hall–Kier alpha value is -0.680. The van der Waals surface area contributed by atoms with E-state index in [-0.39, 0.29) is 11.8 Å². The number of nitrogens with zero attached hydrogens (tertiary/aromatic N) is 1. The molecule has 0 aromatic carbocycles. The van der Waals surface area contributed by atoms with E-state index in [1.807, 2.05) is 6.92 Å². The van der Waals surface area contributed by atoms with Gasteiger partial charge in [-0.15, -0.1) is 0 Å². The van der Waals surface area contributed by atoms with Gasteiger partial charge >= 0.3 is 0 Å². The molecule has 1 fully saturated rings. The number of carbonyl (C=O) groups is 1. The lowest BCUT2D eigenvalue weighted by Crippen LogP contribution is -2.42. The molecule has 5 heteroatoms. The molecule has 1 rings (SSSR count). The highest BCUT2D eigenvalue weighted by atomic mass is 32.1. The van der Waals surface area contributed by atoms with Crippen molar-refractivity contribution in [2.45, 2.75) is 19.8 Å². The lowest BCUT2D eigenvalue weighted by molar-refractivity contribution is -0.121. The largest absolute Gasteiger partial charge is 0.393 e. The van der Waals surface area contributed by atoms with Crippen LogP contribution in [-0.4, -0.2) is 35.4 Å². The van der Waals surface area contributed by atoms with Crippen molar-refractivity contribution in [3.8, 4) is 0 Å². The Morgan fingerprint density at radius 2 is 2.00 bits per heavy atom. The smallest absolute Gasteiger partial charge is 0.221 e. The number of amides is 1. The number of likely N-dealkylation sites (tertiary alicyclic amines) is 1. The molecule has 0 bridgehead atoms. The van der Waals surface area contributed by atoms with E-state index in [9.17, 15) is 4.79 Å². The highest BCUT2D eigenvalue weighted by Crippen LogP contribution is 2.18. The van der Waals surface area contributed by atoms with Crippen LogP contribution in [0.25, 0.3) is 0 Å². The summed E-state index contributed by atoms with van der Waals surface area (Å²) in [7, 11) is 0. The standard InChI is InChI=1S/C10H19N3OS/c1-7(9(11)14)6-13-4-2-8(3-5-13)10(12)15/h7-8H,2-6H2,1H3,(H2,11,14)(H2,12,15). The van der Waals surface area contributed by atoms with E-state index in [1.54, 1.807) is 0 Å². The Bertz CT molecular complexity index is 249. The summed E-state index contributed by atoms with van der Waals surface area (Å²) in [6.45, 7) is 4.53. The number of rotatable bonds is 4. The minimum Gasteiger partial charge on any atom is -0.393 e. The van der Waals surface area contributed by atoms with Crippen LogP contribution < -0.4 is 11.5 Å². The van der Waals surface area contributed by atoms with Crippen LogP contribution in [0.15, 0.2) is 0 Å². The molecule has 4 N–H and O–H groups in total. The molecule has 0 aromatic heterocycles. The van der Waals surface area contributed by atoms with Gasteiger partial charge in [0, 0.05) is 18.4 Å². The van der Waals surface area contributed by atoms with Gasteiger partial charge in [0.1, 0.15) is 0 Å². The summed E-state index contributed by atoms with van der Waals surface area (Å²) in [5.41, 5.74) is 10.8. The van der Waals surface area contributed by atoms with Crippen molar-refractivity contribution in [3.05, 3.63) is 0 Å². The van der Waals surface area contributed by atoms with Crippen molar-refractivity contribution in [3.63, 3.8) is 0 Å². The van der Waals surface area contributed by atoms with E-state index in [0.717, 1.165) is 32.5 Å². The molecular formula is C10H19N3OS. The first kappa shape index (κ1) is 12.4. The summed E-state index contributed by atoms with van der Waals surface area (Å²) in [5.74, 6) is 0.0676. The molecule has 15 heavy (non-hydrogen) atoms. The molecule has 1 amide bonds. The van der Waals surface area contributed by atoms with Crippen LogP contribution in [0.1, 0.15) is 19.8 Å². The minimum atomic E-state index is -0.230. The number of piperidine rings is 1. The fourth-order valence-electron chi connectivity index (χ4n) is 1.88. The summed E-state index contributed by atoms with van der Waals surface area (Å²) in [5, 5.41) is 0. The van der Waals surface area contributed by atoms with Crippen molar-refractivity contribution < 1.29 is 4.79 Å². The van der Waals surface area contributed by atoms with E-state index >= 15 is 0 Å². The molecule has 0 radical (unpaired) electrons. The van der Waals surface area contributed by atoms with Crippen molar-refractivity contribution in [2.24, 2.45) is 23.3 Å². The van der Waals surface area contributed by atoms with Crippen LogP contribution in [0.2, 0.25) is 0 Å². The zero-order valence-electron chi connectivity index (χ0n) is 9.11. The molecule has 1 aliphatic rings. The van der Waals surface area contributed by atoms with Gasteiger partial charge < -0.3 is 16.4 Å². The van der Waals surface area contributed by atoms with Crippen LogP contribution in [0.4, 0.5) is 0 Å². The maximum Gasteiger partial charge on any atom is 0.221 e. The Kier molecular flexibility index (Phi) is 4.47. The van der Waals surface area contributed by atoms with Gasteiger partial charge in [0.15, 0.2) is 0 Å². The number of thiocarbonyl (C=S) groups is 1. The number of hydrogen-bond acceptors (Lipinski definition) is 3. The quantitative estimate of drug-likeness (QED) is 0.671. The molecule has 86 valence electrons.